The monoisotopic (exact) mass is 216 g/mol. The number of rotatable bonds is 3. The van der Waals surface area contributed by atoms with E-state index in [2.05, 4.69) is 27.5 Å². The lowest BCUT2D eigenvalue weighted by atomic mass is 10.2. The van der Waals surface area contributed by atoms with Gasteiger partial charge >= 0.3 is 0 Å². The van der Waals surface area contributed by atoms with Crippen LogP contribution in [0.3, 0.4) is 0 Å². The largest absolute Gasteiger partial charge is 0.316 e. The first-order valence-corrected chi connectivity index (χ1v) is 5.35. The van der Waals surface area contributed by atoms with Crippen LogP contribution in [0.1, 0.15) is 17.2 Å². The zero-order valence-corrected chi connectivity index (χ0v) is 9.86. The van der Waals surface area contributed by atoms with E-state index >= 15 is 0 Å². The molecule has 0 unspecified atom stereocenters. The Morgan fingerprint density at radius 3 is 2.62 bits per heavy atom. The van der Waals surface area contributed by atoms with Crippen LogP contribution in [0.4, 0.5) is 0 Å². The fourth-order valence-electron chi connectivity index (χ4n) is 1.81. The molecule has 0 saturated heterocycles. The Kier molecular flexibility index (Phi) is 3.01. The number of nitrogens with zero attached hydrogens (tertiary/aromatic N) is 3. The summed E-state index contributed by atoms with van der Waals surface area (Å²) in [6.07, 6.45) is 0. The van der Waals surface area contributed by atoms with Crippen LogP contribution in [0.5, 0.6) is 0 Å². The molecule has 2 rings (SSSR count). The molecule has 0 spiro atoms. The third-order valence-electron chi connectivity index (χ3n) is 2.46. The number of aryl methyl sites for hydroxylation is 2. The molecule has 0 amide bonds. The molecule has 1 aromatic heterocycles. The summed E-state index contributed by atoms with van der Waals surface area (Å²) in [5.41, 5.74) is 2.31. The number of nitrogens with one attached hydrogen (secondary N) is 1. The van der Waals surface area contributed by atoms with Crippen molar-refractivity contribution in [2.24, 2.45) is 0 Å². The molecule has 0 aliphatic heterocycles. The lowest BCUT2D eigenvalue weighted by Crippen LogP contribution is -2.10. The molecule has 0 aliphatic rings. The fraction of sp³-hybridized carbons (Fsp3) is 0.333. The van der Waals surface area contributed by atoms with Gasteiger partial charge in [0.2, 0.25) is 0 Å². The Hall–Kier alpha value is -1.68. The van der Waals surface area contributed by atoms with Crippen molar-refractivity contribution in [1.29, 1.82) is 0 Å². The van der Waals surface area contributed by atoms with E-state index in [1.165, 1.54) is 5.56 Å². The Morgan fingerprint density at radius 1 is 1.25 bits per heavy atom. The summed E-state index contributed by atoms with van der Waals surface area (Å²) in [7, 11) is 1.94. The van der Waals surface area contributed by atoms with Crippen LogP contribution < -0.4 is 5.32 Å². The van der Waals surface area contributed by atoms with Crippen LogP contribution in [0.15, 0.2) is 24.3 Å². The highest BCUT2D eigenvalue weighted by Crippen LogP contribution is 2.15. The highest BCUT2D eigenvalue weighted by molar-refractivity contribution is 5.40. The first kappa shape index (κ1) is 10.8. The average Bonchev–Trinajstić information content (AvgIpc) is 2.59. The summed E-state index contributed by atoms with van der Waals surface area (Å²) in [5, 5.41) is 7.56. The highest BCUT2D eigenvalue weighted by atomic mass is 15.3. The maximum atomic E-state index is 4.40. The van der Waals surface area contributed by atoms with Crippen LogP contribution >= 0.6 is 0 Å². The van der Waals surface area contributed by atoms with E-state index in [1.807, 2.05) is 37.7 Å². The number of aromatic nitrogens is 3. The molecule has 0 atom stereocenters. The van der Waals surface area contributed by atoms with Crippen molar-refractivity contribution in [3.63, 3.8) is 0 Å². The third-order valence-corrected chi connectivity index (χ3v) is 2.46. The predicted molar refractivity (Wildman–Crippen MR) is 63.6 cm³/mol. The molecule has 4 heteroatoms. The summed E-state index contributed by atoms with van der Waals surface area (Å²) in [4.78, 5) is 4.32. The van der Waals surface area contributed by atoms with Gasteiger partial charge in [0.25, 0.3) is 0 Å². The molecule has 1 aromatic carbocycles. The summed E-state index contributed by atoms with van der Waals surface area (Å²) in [6, 6.07) is 8.22. The molecule has 84 valence electrons. The fourth-order valence-corrected chi connectivity index (χ4v) is 1.81. The second-order valence-corrected chi connectivity index (χ2v) is 3.78. The average molecular weight is 216 g/mol. The smallest absolute Gasteiger partial charge is 0.148 e. The number of hydrogen-bond donors (Lipinski definition) is 1. The minimum absolute atomic E-state index is 0.803. The van der Waals surface area contributed by atoms with E-state index in [-0.39, 0.29) is 0 Å². The van der Waals surface area contributed by atoms with Crippen molar-refractivity contribution < 1.29 is 0 Å². The first-order valence-electron chi connectivity index (χ1n) is 5.35. The van der Waals surface area contributed by atoms with Gasteiger partial charge in [-0.2, -0.15) is 5.10 Å². The normalized spacial score (nSPS) is 10.7. The predicted octanol–water partition coefficient (Wildman–Crippen LogP) is 1.60. The molecule has 0 bridgehead atoms. The Bertz CT molecular complexity index is 488. The molecule has 0 aliphatic carbocycles. The topological polar surface area (TPSA) is 42.7 Å². The van der Waals surface area contributed by atoms with Crippen LogP contribution in [0.2, 0.25) is 0 Å². The molecule has 0 radical (unpaired) electrons. The van der Waals surface area contributed by atoms with E-state index < -0.39 is 0 Å². The van der Waals surface area contributed by atoms with Crippen molar-refractivity contribution in [3.8, 4) is 5.69 Å². The van der Waals surface area contributed by atoms with Crippen molar-refractivity contribution in [2.45, 2.75) is 20.4 Å². The van der Waals surface area contributed by atoms with Gasteiger partial charge in [0.05, 0.1) is 5.69 Å². The lowest BCUT2D eigenvalue weighted by molar-refractivity contribution is 0.774. The zero-order chi connectivity index (χ0) is 11.5. The van der Waals surface area contributed by atoms with Gasteiger partial charge in [-0.3, -0.25) is 0 Å². The number of hydrogen-bond acceptors (Lipinski definition) is 3. The van der Waals surface area contributed by atoms with E-state index in [1.54, 1.807) is 0 Å². The standard InChI is InChI=1S/C12H16N4/c1-9-14-10(2)16(15-9)12-7-5-4-6-11(12)8-13-3/h4-7,13H,8H2,1-3H3. The van der Waals surface area contributed by atoms with E-state index in [9.17, 15) is 0 Å². The van der Waals surface area contributed by atoms with Crippen LogP contribution in [0, 0.1) is 13.8 Å². The number of para-hydroxylation sites is 1. The number of benzene rings is 1. The highest BCUT2D eigenvalue weighted by Gasteiger charge is 2.08. The van der Waals surface area contributed by atoms with Gasteiger partial charge in [-0.05, 0) is 32.5 Å². The summed E-state index contributed by atoms with van der Waals surface area (Å²) < 4.78 is 1.89. The van der Waals surface area contributed by atoms with Crippen LogP contribution in [-0.4, -0.2) is 21.8 Å². The van der Waals surface area contributed by atoms with Crippen molar-refractivity contribution >= 4 is 0 Å². The minimum atomic E-state index is 0.803. The van der Waals surface area contributed by atoms with Gasteiger partial charge in [-0.15, -0.1) is 0 Å². The second kappa shape index (κ2) is 4.45. The Balaban J connectivity index is 2.50. The first-order chi connectivity index (χ1) is 7.72. The molecule has 4 nitrogen and oxygen atoms in total. The van der Waals surface area contributed by atoms with Crippen molar-refractivity contribution in [1.82, 2.24) is 20.1 Å². The van der Waals surface area contributed by atoms with Crippen molar-refractivity contribution in [3.05, 3.63) is 41.5 Å². The van der Waals surface area contributed by atoms with Gasteiger partial charge in [-0.25, -0.2) is 9.67 Å². The van der Waals surface area contributed by atoms with E-state index in [0.29, 0.717) is 0 Å². The third kappa shape index (κ3) is 1.97. The van der Waals surface area contributed by atoms with E-state index in [0.717, 1.165) is 23.9 Å². The van der Waals surface area contributed by atoms with Gasteiger partial charge in [-0.1, -0.05) is 18.2 Å². The van der Waals surface area contributed by atoms with Gasteiger partial charge in [0, 0.05) is 6.54 Å². The molecule has 1 heterocycles. The summed E-state index contributed by atoms with van der Waals surface area (Å²) in [6.45, 7) is 4.70. The molecule has 16 heavy (non-hydrogen) atoms. The van der Waals surface area contributed by atoms with Crippen molar-refractivity contribution in [2.75, 3.05) is 7.05 Å². The zero-order valence-electron chi connectivity index (χ0n) is 9.86. The molecule has 2 aromatic rings. The van der Waals surface area contributed by atoms with Crippen LogP contribution in [0.25, 0.3) is 5.69 Å². The van der Waals surface area contributed by atoms with E-state index in [4.69, 9.17) is 0 Å². The van der Waals surface area contributed by atoms with Crippen LogP contribution in [-0.2, 0) is 6.54 Å². The SMILES string of the molecule is CNCc1ccccc1-n1nc(C)nc1C. The Labute approximate surface area is 95.3 Å². The Morgan fingerprint density at radius 2 is 2.00 bits per heavy atom. The maximum absolute atomic E-state index is 4.40. The summed E-state index contributed by atoms with van der Waals surface area (Å²) in [5.74, 6) is 1.72. The molecule has 0 fully saturated rings. The van der Waals surface area contributed by atoms with Gasteiger partial charge in [0.1, 0.15) is 11.6 Å². The maximum Gasteiger partial charge on any atom is 0.148 e. The molecule has 0 saturated carbocycles. The molecular formula is C12H16N4. The van der Waals surface area contributed by atoms with Gasteiger partial charge < -0.3 is 5.32 Å². The molecular weight excluding hydrogens is 200 g/mol. The quantitative estimate of drug-likeness (QED) is 0.847. The molecule has 1 N–H and O–H groups in total. The minimum Gasteiger partial charge on any atom is -0.316 e. The summed E-state index contributed by atoms with van der Waals surface area (Å²) >= 11 is 0. The van der Waals surface area contributed by atoms with Gasteiger partial charge in [0.15, 0.2) is 0 Å². The lowest BCUT2D eigenvalue weighted by Gasteiger charge is -2.09. The second-order valence-electron chi connectivity index (χ2n) is 3.78.